The molecule has 4 heteroatoms. The first kappa shape index (κ1) is 11.4. The van der Waals surface area contributed by atoms with Gasteiger partial charge in [0.05, 0.1) is 0 Å². The van der Waals surface area contributed by atoms with Crippen LogP contribution in [0.15, 0.2) is 30.3 Å². The van der Waals surface area contributed by atoms with Crippen molar-refractivity contribution in [2.75, 3.05) is 11.9 Å². The molecule has 2 N–H and O–H groups in total. The molecule has 0 atom stereocenters. The third-order valence-electron chi connectivity index (χ3n) is 1.22. The zero-order valence-corrected chi connectivity index (χ0v) is 12.2. The van der Waals surface area contributed by atoms with E-state index >= 15 is 0 Å². The molecule has 1 aromatic carbocycles. The van der Waals surface area contributed by atoms with Crippen LogP contribution in [0.2, 0.25) is 0 Å². The Bertz CT molecular complexity index is 238. The summed E-state index contributed by atoms with van der Waals surface area (Å²) in [5, 5.41) is 11.1. The van der Waals surface area contributed by atoms with Crippen molar-refractivity contribution in [3.63, 3.8) is 0 Å². The molecule has 0 aliphatic rings. The van der Waals surface area contributed by atoms with Gasteiger partial charge in [-0.25, -0.2) is 0 Å². The molecule has 0 bridgehead atoms. The molecule has 0 heterocycles. The SMILES string of the molecule is O=C(O)CNc1ccccc1.[PbH2]. The van der Waals surface area contributed by atoms with Crippen molar-refractivity contribution in [3.8, 4) is 0 Å². The standard InChI is InChI=1S/C8H9NO2.Pb.2H/c10-8(11)6-9-7-4-2-1-3-5-7;;;/h1-5,9H,6H2,(H,10,11);;;. The average molecular weight is 360 g/mol. The molecule has 0 aliphatic heterocycles. The Labute approximate surface area is 90.9 Å². The van der Waals surface area contributed by atoms with Gasteiger partial charge in [0.2, 0.25) is 0 Å². The second-order valence-electron chi connectivity index (χ2n) is 2.11. The van der Waals surface area contributed by atoms with E-state index in [9.17, 15) is 4.79 Å². The number of nitrogens with one attached hydrogen (secondary N) is 1. The van der Waals surface area contributed by atoms with Crippen LogP contribution >= 0.6 is 0 Å². The topological polar surface area (TPSA) is 49.3 Å². The number of aliphatic carboxylic acids is 1. The van der Waals surface area contributed by atoms with E-state index in [0.717, 1.165) is 5.69 Å². The van der Waals surface area contributed by atoms with Crippen molar-refractivity contribution >= 4 is 39.0 Å². The summed E-state index contributed by atoms with van der Waals surface area (Å²) in [6.45, 7) is -0.0377. The van der Waals surface area contributed by atoms with Crippen molar-refractivity contribution in [2.24, 2.45) is 0 Å². The first-order chi connectivity index (χ1) is 5.29. The van der Waals surface area contributed by atoms with Crippen LogP contribution in [0, 0.1) is 0 Å². The van der Waals surface area contributed by atoms with Gasteiger partial charge in [0, 0.05) is 5.69 Å². The number of carboxylic acids is 1. The van der Waals surface area contributed by atoms with E-state index in [-0.39, 0.29) is 33.8 Å². The summed E-state index contributed by atoms with van der Waals surface area (Å²) < 4.78 is 0. The number of carbonyl (C=O) groups is 1. The van der Waals surface area contributed by atoms with Crippen LogP contribution in [-0.4, -0.2) is 44.9 Å². The molecule has 2 radical (unpaired) electrons. The van der Waals surface area contributed by atoms with Crippen LogP contribution in [0.25, 0.3) is 0 Å². The molecule has 0 aromatic heterocycles. The first-order valence-corrected chi connectivity index (χ1v) is 3.30. The number of hydrogen-bond donors (Lipinski definition) is 2. The Morgan fingerprint density at radius 3 is 2.42 bits per heavy atom. The quantitative estimate of drug-likeness (QED) is 0.761. The van der Waals surface area contributed by atoms with Crippen LogP contribution < -0.4 is 5.32 Å². The molecule has 0 amide bonds. The van der Waals surface area contributed by atoms with E-state index in [1.807, 2.05) is 30.3 Å². The number of rotatable bonds is 3. The number of para-hydroxylation sites is 1. The molecule has 0 fully saturated rings. The van der Waals surface area contributed by atoms with Crippen molar-refractivity contribution in [3.05, 3.63) is 30.3 Å². The fraction of sp³-hybridized carbons (Fsp3) is 0.125. The molecular weight excluding hydrogens is 349 g/mol. The second-order valence-corrected chi connectivity index (χ2v) is 2.11. The van der Waals surface area contributed by atoms with Crippen molar-refractivity contribution in [1.29, 1.82) is 0 Å². The van der Waals surface area contributed by atoms with E-state index in [0.29, 0.717) is 0 Å². The van der Waals surface area contributed by atoms with Gasteiger partial charge in [-0.2, -0.15) is 0 Å². The molecule has 3 nitrogen and oxygen atoms in total. The number of carboxylic acid groups (broad SMARTS) is 1. The molecule has 0 spiro atoms. The summed E-state index contributed by atoms with van der Waals surface area (Å²) in [5.74, 6) is -0.853. The summed E-state index contributed by atoms with van der Waals surface area (Å²) >= 11 is 0. The molecule has 1 rings (SSSR count). The molecular formula is C8H11NO2Pb. The normalized spacial score (nSPS) is 8.33. The Morgan fingerprint density at radius 1 is 1.33 bits per heavy atom. The summed E-state index contributed by atoms with van der Waals surface area (Å²) in [5.41, 5.74) is 0.829. The van der Waals surface area contributed by atoms with Gasteiger partial charge < -0.3 is 10.4 Å². The zero-order chi connectivity index (χ0) is 8.10. The molecule has 0 unspecified atom stereocenters. The van der Waals surface area contributed by atoms with Crippen molar-refractivity contribution < 1.29 is 9.90 Å². The summed E-state index contributed by atoms with van der Waals surface area (Å²) in [4.78, 5) is 10.1. The maximum atomic E-state index is 10.1. The predicted octanol–water partition coefficient (Wildman–Crippen LogP) is 0.267. The van der Waals surface area contributed by atoms with E-state index in [2.05, 4.69) is 5.32 Å². The second kappa shape index (κ2) is 5.99. The Morgan fingerprint density at radius 2 is 1.92 bits per heavy atom. The minimum absolute atomic E-state index is 0. The number of benzene rings is 1. The zero-order valence-electron chi connectivity index (χ0n) is 6.66. The van der Waals surface area contributed by atoms with Gasteiger partial charge in [-0.05, 0) is 12.1 Å². The number of anilines is 1. The molecule has 0 aliphatic carbocycles. The van der Waals surface area contributed by atoms with Crippen molar-refractivity contribution in [1.82, 2.24) is 0 Å². The van der Waals surface area contributed by atoms with E-state index in [1.165, 1.54) is 0 Å². The Balaban J connectivity index is 0.00000121. The van der Waals surface area contributed by atoms with E-state index in [1.54, 1.807) is 0 Å². The van der Waals surface area contributed by atoms with Crippen LogP contribution in [-0.2, 0) is 4.79 Å². The van der Waals surface area contributed by atoms with Gasteiger partial charge in [-0.3, -0.25) is 4.79 Å². The predicted molar refractivity (Wildman–Crippen MR) is 51.1 cm³/mol. The van der Waals surface area contributed by atoms with Gasteiger partial charge in [-0.15, -0.1) is 0 Å². The Hall–Kier alpha value is -0.588. The average Bonchev–Trinajstić information content (AvgIpc) is 2.03. The van der Waals surface area contributed by atoms with Crippen molar-refractivity contribution in [2.45, 2.75) is 0 Å². The van der Waals surface area contributed by atoms with Crippen LogP contribution in [0.1, 0.15) is 0 Å². The van der Waals surface area contributed by atoms with Gasteiger partial charge in [0.1, 0.15) is 6.54 Å². The Kier molecular flexibility index (Phi) is 5.69. The van der Waals surface area contributed by atoms with E-state index in [4.69, 9.17) is 5.11 Å². The summed E-state index contributed by atoms with van der Waals surface area (Å²) in [7, 11) is 0. The van der Waals surface area contributed by atoms with E-state index < -0.39 is 5.97 Å². The molecule has 0 saturated carbocycles. The summed E-state index contributed by atoms with van der Waals surface area (Å²) in [6.07, 6.45) is 0. The monoisotopic (exact) mass is 361 g/mol. The van der Waals surface area contributed by atoms with Crippen LogP contribution in [0.5, 0.6) is 0 Å². The van der Waals surface area contributed by atoms with Gasteiger partial charge in [0.25, 0.3) is 0 Å². The summed E-state index contributed by atoms with van der Waals surface area (Å²) in [6, 6.07) is 9.23. The first-order valence-electron chi connectivity index (χ1n) is 3.30. The minimum atomic E-state index is -0.853. The van der Waals surface area contributed by atoms with Gasteiger partial charge in [-0.1, -0.05) is 18.2 Å². The van der Waals surface area contributed by atoms with Crippen LogP contribution in [0.3, 0.4) is 0 Å². The molecule has 12 heavy (non-hydrogen) atoms. The van der Waals surface area contributed by atoms with Gasteiger partial charge in [0.15, 0.2) is 0 Å². The van der Waals surface area contributed by atoms with Crippen LogP contribution in [0.4, 0.5) is 5.69 Å². The molecule has 1 aromatic rings. The fourth-order valence-electron chi connectivity index (χ4n) is 0.734. The number of hydrogen-bond acceptors (Lipinski definition) is 2. The molecule has 0 saturated heterocycles. The maximum absolute atomic E-state index is 10.1. The third kappa shape index (κ3) is 4.32. The fourth-order valence-corrected chi connectivity index (χ4v) is 0.734. The van der Waals surface area contributed by atoms with Gasteiger partial charge >= 0.3 is 33.3 Å². The molecule has 64 valence electrons. The third-order valence-corrected chi connectivity index (χ3v) is 1.22.